The van der Waals surface area contributed by atoms with Crippen LogP contribution >= 0.6 is 11.6 Å². The fraction of sp³-hybridized carbons (Fsp3) is 0.292. The van der Waals surface area contributed by atoms with Gasteiger partial charge in [-0.1, -0.05) is 17.7 Å². The molecule has 2 heterocycles. The van der Waals surface area contributed by atoms with E-state index >= 15 is 0 Å². The summed E-state index contributed by atoms with van der Waals surface area (Å²) < 4.78 is 10.7. The van der Waals surface area contributed by atoms with Crippen molar-refractivity contribution in [1.82, 2.24) is 15.1 Å². The highest BCUT2D eigenvalue weighted by Crippen LogP contribution is 2.31. The summed E-state index contributed by atoms with van der Waals surface area (Å²) in [5.41, 5.74) is 3.30. The molecule has 0 unspecified atom stereocenters. The number of anilines is 2. The third-order valence-corrected chi connectivity index (χ3v) is 6.05. The van der Waals surface area contributed by atoms with E-state index < -0.39 is 0 Å². The summed E-state index contributed by atoms with van der Waals surface area (Å²) in [5.74, 6) is 2.09. The fourth-order valence-corrected chi connectivity index (χ4v) is 3.84. The summed E-state index contributed by atoms with van der Waals surface area (Å²) in [6.45, 7) is 4.45. The Bertz CT molecular complexity index is 1130. The minimum Gasteiger partial charge on any atom is -0.493 e. The van der Waals surface area contributed by atoms with Crippen molar-refractivity contribution in [1.29, 1.82) is 0 Å². The number of benzene rings is 2. The third-order valence-electron chi connectivity index (χ3n) is 5.64. The van der Waals surface area contributed by atoms with E-state index in [0.717, 1.165) is 22.6 Å². The van der Waals surface area contributed by atoms with E-state index in [0.29, 0.717) is 48.4 Å². The van der Waals surface area contributed by atoms with E-state index in [-0.39, 0.29) is 6.03 Å². The molecule has 0 radical (unpaired) electrons. The maximum absolute atomic E-state index is 12.6. The average molecular weight is 468 g/mol. The first-order valence-corrected chi connectivity index (χ1v) is 11.0. The topological polar surface area (TPSA) is 79.8 Å². The van der Waals surface area contributed by atoms with Crippen LogP contribution in [0.5, 0.6) is 11.5 Å². The van der Waals surface area contributed by atoms with Gasteiger partial charge in [0.25, 0.3) is 0 Å². The van der Waals surface area contributed by atoms with E-state index in [4.69, 9.17) is 21.1 Å². The molecule has 172 valence electrons. The first-order chi connectivity index (χ1) is 16.0. The Hall–Kier alpha value is -3.52. The number of hydrogen-bond donors (Lipinski definition) is 1. The number of halogens is 1. The monoisotopic (exact) mass is 467 g/mol. The Labute approximate surface area is 198 Å². The number of piperazine rings is 1. The van der Waals surface area contributed by atoms with Crippen LogP contribution in [0.4, 0.5) is 16.3 Å². The van der Waals surface area contributed by atoms with Crippen LogP contribution in [0.3, 0.4) is 0 Å². The van der Waals surface area contributed by atoms with Crippen LogP contribution in [0.25, 0.3) is 11.3 Å². The molecule has 1 aliphatic heterocycles. The molecular formula is C24H26ClN5O3. The largest absolute Gasteiger partial charge is 0.493 e. The number of carbonyl (C=O) groups excluding carboxylic acids is 1. The molecule has 1 saturated heterocycles. The summed E-state index contributed by atoms with van der Waals surface area (Å²) in [4.78, 5) is 16.5. The van der Waals surface area contributed by atoms with Gasteiger partial charge in [0, 0.05) is 42.5 Å². The van der Waals surface area contributed by atoms with Crippen molar-refractivity contribution >= 4 is 29.1 Å². The summed E-state index contributed by atoms with van der Waals surface area (Å²) in [7, 11) is 3.21. The Kier molecular flexibility index (Phi) is 6.84. The lowest BCUT2D eigenvalue weighted by Crippen LogP contribution is -2.50. The van der Waals surface area contributed by atoms with Gasteiger partial charge in [-0.15, -0.1) is 10.2 Å². The van der Waals surface area contributed by atoms with Crippen molar-refractivity contribution in [2.75, 3.05) is 50.6 Å². The molecule has 33 heavy (non-hydrogen) atoms. The highest BCUT2D eigenvalue weighted by Gasteiger charge is 2.22. The number of aromatic nitrogens is 2. The number of carbonyl (C=O) groups is 1. The summed E-state index contributed by atoms with van der Waals surface area (Å²) in [6, 6.07) is 14.9. The molecule has 4 rings (SSSR count). The summed E-state index contributed by atoms with van der Waals surface area (Å²) in [5, 5.41) is 12.3. The van der Waals surface area contributed by atoms with Gasteiger partial charge < -0.3 is 24.6 Å². The van der Waals surface area contributed by atoms with E-state index in [1.165, 1.54) is 0 Å². The number of hydrogen-bond acceptors (Lipinski definition) is 6. The van der Waals surface area contributed by atoms with Gasteiger partial charge in [-0.3, -0.25) is 0 Å². The smallest absolute Gasteiger partial charge is 0.321 e. The molecule has 0 atom stereocenters. The number of nitrogens with one attached hydrogen (secondary N) is 1. The Morgan fingerprint density at radius 1 is 0.939 bits per heavy atom. The van der Waals surface area contributed by atoms with Crippen molar-refractivity contribution in [3.63, 3.8) is 0 Å². The lowest BCUT2D eigenvalue weighted by molar-refractivity contribution is 0.208. The maximum atomic E-state index is 12.6. The first-order valence-electron chi connectivity index (χ1n) is 10.6. The quantitative estimate of drug-likeness (QED) is 0.596. The molecule has 2 amide bonds. The molecule has 0 spiro atoms. The van der Waals surface area contributed by atoms with Gasteiger partial charge in [-0.25, -0.2) is 4.79 Å². The van der Waals surface area contributed by atoms with Gasteiger partial charge >= 0.3 is 6.03 Å². The van der Waals surface area contributed by atoms with Crippen molar-refractivity contribution in [3.05, 3.63) is 59.1 Å². The Morgan fingerprint density at radius 2 is 1.70 bits per heavy atom. The molecule has 3 aromatic rings. The van der Waals surface area contributed by atoms with Crippen LogP contribution in [0.15, 0.2) is 48.5 Å². The SMILES string of the molecule is COc1ccc(-c2ccc(N3CCN(C(=O)Nc4ccc(C)c(Cl)c4)CC3)nn2)cc1OC. The summed E-state index contributed by atoms with van der Waals surface area (Å²) in [6.07, 6.45) is 0. The lowest BCUT2D eigenvalue weighted by Gasteiger charge is -2.35. The molecule has 9 heteroatoms. The van der Waals surface area contributed by atoms with Gasteiger partial charge in [0.05, 0.1) is 19.9 Å². The highest BCUT2D eigenvalue weighted by atomic mass is 35.5. The molecule has 1 aromatic heterocycles. The van der Waals surface area contributed by atoms with Crippen LogP contribution in [-0.4, -0.2) is 61.5 Å². The number of aryl methyl sites for hydroxylation is 1. The molecular weight excluding hydrogens is 442 g/mol. The fourth-order valence-electron chi connectivity index (χ4n) is 3.66. The number of nitrogens with zero attached hydrogens (tertiary/aromatic N) is 4. The average Bonchev–Trinajstić information content (AvgIpc) is 2.86. The number of ether oxygens (including phenoxy) is 2. The van der Waals surface area contributed by atoms with Crippen molar-refractivity contribution < 1.29 is 14.3 Å². The predicted molar refractivity (Wildman–Crippen MR) is 130 cm³/mol. The molecule has 0 aliphatic carbocycles. The zero-order valence-electron chi connectivity index (χ0n) is 18.8. The van der Waals surface area contributed by atoms with Gasteiger partial charge in [0.2, 0.25) is 0 Å². The van der Waals surface area contributed by atoms with Crippen LogP contribution in [0, 0.1) is 6.92 Å². The van der Waals surface area contributed by atoms with Gasteiger partial charge in [-0.05, 0) is 55.0 Å². The third kappa shape index (κ3) is 5.12. The van der Waals surface area contributed by atoms with Gasteiger partial charge in [0.1, 0.15) is 0 Å². The zero-order valence-corrected chi connectivity index (χ0v) is 19.6. The van der Waals surface area contributed by atoms with E-state index in [1.54, 1.807) is 25.2 Å². The zero-order chi connectivity index (χ0) is 23.4. The Morgan fingerprint density at radius 3 is 2.33 bits per heavy atom. The van der Waals surface area contributed by atoms with Gasteiger partial charge in [0.15, 0.2) is 17.3 Å². The number of amides is 2. The normalized spacial score (nSPS) is 13.6. The minimum atomic E-state index is -0.135. The lowest BCUT2D eigenvalue weighted by atomic mass is 10.1. The molecule has 2 aromatic carbocycles. The number of rotatable bonds is 5. The number of urea groups is 1. The summed E-state index contributed by atoms with van der Waals surface area (Å²) >= 11 is 6.15. The second kappa shape index (κ2) is 9.95. The number of methoxy groups -OCH3 is 2. The van der Waals surface area contributed by atoms with Crippen LogP contribution in [0.2, 0.25) is 5.02 Å². The standard InChI is InChI=1S/C24H26ClN5O3/c1-16-4-6-18(15-19(16)25)26-24(31)30-12-10-29(11-13-30)23-9-7-20(27-28-23)17-5-8-21(32-2)22(14-17)33-3/h4-9,14-15H,10-13H2,1-3H3,(H,26,31). The van der Waals surface area contributed by atoms with Crippen LogP contribution in [-0.2, 0) is 0 Å². The van der Waals surface area contributed by atoms with Crippen molar-refractivity contribution in [3.8, 4) is 22.8 Å². The molecule has 1 aliphatic rings. The molecule has 1 fully saturated rings. The first kappa shape index (κ1) is 22.7. The second-order valence-corrected chi connectivity index (χ2v) is 8.12. The Balaban J connectivity index is 1.36. The van der Waals surface area contributed by atoms with Crippen LogP contribution < -0.4 is 19.7 Å². The molecule has 1 N–H and O–H groups in total. The van der Waals surface area contributed by atoms with E-state index in [9.17, 15) is 4.79 Å². The second-order valence-electron chi connectivity index (χ2n) is 7.71. The van der Waals surface area contributed by atoms with E-state index in [1.807, 2.05) is 49.4 Å². The molecule has 0 saturated carbocycles. The van der Waals surface area contributed by atoms with Crippen molar-refractivity contribution in [2.24, 2.45) is 0 Å². The van der Waals surface area contributed by atoms with Crippen LogP contribution in [0.1, 0.15) is 5.56 Å². The van der Waals surface area contributed by atoms with Gasteiger partial charge in [-0.2, -0.15) is 0 Å². The van der Waals surface area contributed by atoms with E-state index in [2.05, 4.69) is 20.4 Å². The predicted octanol–water partition coefficient (Wildman–Crippen LogP) is 4.48. The highest BCUT2D eigenvalue weighted by molar-refractivity contribution is 6.31. The van der Waals surface area contributed by atoms with Crippen molar-refractivity contribution in [2.45, 2.75) is 6.92 Å². The minimum absolute atomic E-state index is 0.135. The molecule has 8 nitrogen and oxygen atoms in total. The maximum Gasteiger partial charge on any atom is 0.321 e. The molecule has 0 bridgehead atoms.